The minimum atomic E-state index is 0.606. The Morgan fingerprint density at radius 3 is 2.50 bits per heavy atom. The summed E-state index contributed by atoms with van der Waals surface area (Å²) in [6, 6.07) is 0. The molecular weight excluding hydrogens is 296 g/mol. The quantitative estimate of drug-likeness (QED) is 0.904. The highest BCUT2D eigenvalue weighted by molar-refractivity contribution is 7.15. The van der Waals surface area contributed by atoms with Gasteiger partial charge in [0.15, 0.2) is 16.8 Å². The van der Waals surface area contributed by atoms with Crippen molar-refractivity contribution in [3.05, 3.63) is 16.9 Å². The lowest BCUT2D eigenvalue weighted by molar-refractivity contribution is 0.726. The summed E-state index contributed by atoms with van der Waals surface area (Å²) in [5.74, 6) is 1.48. The minimum absolute atomic E-state index is 0.606. The molecule has 118 valence electrons. The SMILES string of the molecule is Cc1nc(Nc2ncnc(N3CCCCCC3)c2N)sc1C. The third-order valence-corrected chi connectivity index (χ3v) is 5.01. The maximum absolute atomic E-state index is 6.31. The van der Waals surface area contributed by atoms with Gasteiger partial charge in [0.25, 0.3) is 0 Å². The van der Waals surface area contributed by atoms with Crippen LogP contribution in [0.1, 0.15) is 36.3 Å². The van der Waals surface area contributed by atoms with Crippen LogP contribution in [-0.2, 0) is 0 Å². The van der Waals surface area contributed by atoms with E-state index in [1.807, 2.05) is 6.92 Å². The van der Waals surface area contributed by atoms with Crippen molar-refractivity contribution in [1.29, 1.82) is 0 Å². The van der Waals surface area contributed by atoms with Crippen molar-refractivity contribution in [3.63, 3.8) is 0 Å². The van der Waals surface area contributed by atoms with Gasteiger partial charge in [-0.1, -0.05) is 12.8 Å². The second-order valence-corrected chi connectivity index (χ2v) is 6.85. The van der Waals surface area contributed by atoms with Gasteiger partial charge in [0.05, 0.1) is 5.69 Å². The first-order valence-corrected chi connectivity index (χ1v) is 8.53. The zero-order valence-corrected chi connectivity index (χ0v) is 13.9. The second kappa shape index (κ2) is 6.48. The molecule has 0 spiro atoms. The van der Waals surface area contributed by atoms with Gasteiger partial charge in [0.2, 0.25) is 0 Å². The van der Waals surface area contributed by atoms with Gasteiger partial charge in [-0.25, -0.2) is 15.0 Å². The number of nitrogens with two attached hydrogens (primary N) is 1. The van der Waals surface area contributed by atoms with Crippen LogP contribution in [0.4, 0.5) is 22.5 Å². The number of hydrogen-bond acceptors (Lipinski definition) is 7. The van der Waals surface area contributed by atoms with E-state index in [2.05, 4.69) is 32.1 Å². The number of rotatable bonds is 3. The Balaban J connectivity index is 1.84. The lowest BCUT2D eigenvalue weighted by Crippen LogP contribution is -2.26. The third-order valence-electron chi connectivity index (χ3n) is 4.02. The summed E-state index contributed by atoms with van der Waals surface area (Å²) in [4.78, 5) is 16.6. The molecule has 0 radical (unpaired) electrons. The predicted octanol–water partition coefficient (Wildman–Crippen LogP) is 3.26. The maximum Gasteiger partial charge on any atom is 0.188 e. The second-order valence-electron chi connectivity index (χ2n) is 5.65. The Morgan fingerprint density at radius 2 is 1.86 bits per heavy atom. The van der Waals surface area contributed by atoms with E-state index >= 15 is 0 Å². The van der Waals surface area contributed by atoms with Crippen LogP contribution in [0.15, 0.2) is 6.33 Å². The Labute approximate surface area is 134 Å². The molecule has 0 aromatic carbocycles. The van der Waals surface area contributed by atoms with Crippen molar-refractivity contribution in [2.24, 2.45) is 0 Å². The molecule has 3 heterocycles. The van der Waals surface area contributed by atoms with Gasteiger partial charge >= 0.3 is 0 Å². The highest BCUT2D eigenvalue weighted by atomic mass is 32.1. The van der Waals surface area contributed by atoms with Crippen molar-refractivity contribution in [3.8, 4) is 0 Å². The van der Waals surface area contributed by atoms with E-state index in [4.69, 9.17) is 5.73 Å². The summed E-state index contributed by atoms with van der Waals surface area (Å²) in [6.07, 6.45) is 6.52. The van der Waals surface area contributed by atoms with Crippen LogP contribution in [0, 0.1) is 13.8 Å². The molecule has 1 aliphatic rings. The number of aromatic nitrogens is 3. The summed E-state index contributed by atoms with van der Waals surface area (Å²) < 4.78 is 0. The van der Waals surface area contributed by atoms with Gasteiger partial charge in [-0.3, -0.25) is 0 Å². The molecule has 22 heavy (non-hydrogen) atoms. The summed E-state index contributed by atoms with van der Waals surface area (Å²) in [5.41, 5.74) is 7.95. The molecule has 1 aliphatic heterocycles. The number of nitrogens with zero attached hydrogens (tertiary/aromatic N) is 4. The summed E-state index contributed by atoms with van der Waals surface area (Å²) in [6.45, 7) is 6.08. The first kappa shape index (κ1) is 15.0. The Morgan fingerprint density at radius 1 is 1.14 bits per heavy atom. The number of aryl methyl sites for hydroxylation is 2. The van der Waals surface area contributed by atoms with Crippen LogP contribution in [0.3, 0.4) is 0 Å². The van der Waals surface area contributed by atoms with Crippen molar-refractivity contribution in [2.75, 3.05) is 29.0 Å². The molecule has 0 saturated carbocycles. The molecule has 0 unspecified atom stereocenters. The monoisotopic (exact) mass is 318 g/mol. The molecule has 3 N–H and O–H groups in total. The molecule has 7 heteroatoms. The molecular formula is C15H22N6S. The van der Waals surface area contributed by atoms with Crippen molar-refractivity contribution >= 4 is 33.8 Å². The Hall–Kier alpha value is -1.89. The number of nitrogen functional groups attached to an aromatic ring is 1. The van der Waals surface area contributed by atoms with Crippen molar-refractivity contribution in [1.82, 2.24) is 15.0 Å². The van der Waals surface area contributed by atoms with E-state index in [0.29, 0.717) is 11.5 Å². The van der Waals surface area contributed by atoms with E-state index in [9.17, 15) is 0 Å². The van der Waals surface area contributed by atoms with Gasteiger partial charge in [-0.05, 0) is 26.7 Å². The molecule has 3 rings (SSSR count). The number of nitrogens with one attached hydrogen (secondary N) is 1. The third kappa shape index (κ3) is 3.14. The average Bonchev–Trinajstić information content (AvgIpc) is 2.71. The first-order chi connectivity index (χ1) is 10.6. The normalized spacial score (nSPS) is 15.6. The Kier molecular flexibility index (Phi) is 4.42. The summed E-state index contributed by atoms with van der Waals surface area (Å²) in [7, 11) is 0. The van der Waals surface area contributed by atoms with Crippen LogP contribution in [-0.4, -0.2) is 28.0 Å². The largest absolute Gasteiger partial charge is 0.393 e. The standard InChI is InChI=1S/C15H22N6S/c1-10-11(2)22-15(19-10)20-13-12(16)14(18-9-17-13)21-7-5-3-4-6-8-21/h9H,3-8,16H2,1-2H3,(H,17,18,19,20). The zero-order chi connectivity index (χ0) is 15.5. The van der Waals surface area contributed by atoms with E-state index < -0.39 is 0 Å². The lowest BCUT2D eigenvalue weighted by Gasteiger charge is -2.23. The number of hydrogen-bond donors (Lipinski definition) is 2. The van der Waals surface area contributed by atoms with Crippen molar-refractivity contribution in [2.45, 2.75) is 39.5 Å². The molecule has 2 aromatic heterocycles. The first-order valence-electron chi connectivity index (χ1n) is 7.71. The fourth-order valence-corrected chi connectivity index (χ4v) is 3.46. The minimum Gasteiger partial charge on any atom is -0.393 e. The van der Waals surface area contributed by atoms with Gasteiger partial charge in [-0.2, -0.15) is 0 Å². The summed E-state index contributed by atoms with van der Waals surface area (Å²) >= 11 is 1.61. The molecule has 2 aromatic rings. The smallest absolute Gasteiger partial charge is 0.188 e. The molecule has 1 saturated heterocycles. The van der Waals surface area contributed by atoms with E-state index in [0.717, 1.165) is 29.7 Å². The average molecular weight is 318 g/mol. The zero-order valence-electron chi connectivity index (χ0n) is 13.1. The summed E-state index contributed by atoms with van der Waals surface area (Å²) in [5, 5.41) is 4.06. The van der Waals surface area contributed by atoms with E-state index in [-0.39, 0.29) is 0 Å². The van der Waals surface area contributed by atoms with E-state index in [1.54, 1.807) is 17.7 Å². The molecule has 1 fully saturated rings. The maximum atomic E-state index is 6.31. The molecule has 6 nitrogen and oxygen atoms in total. The van der Waals surface area contributed by atoms with Gasteiger partial charge in [0.1, 0.15) is 12.0 Å². The fraction of sp³-hybridized carbons (Fsp3) is 0.533. The fourth-order valence-electron chi connectivity index (χ4n) is 2.65. The molecule has 0 bridgehead atoms. The van der Waals surface area contributed by atoms with Crippen molar-refractivity contribution < 1.29 is 0 Å². The van der Waals surface area contributed by atoms with E-state index in [1.165, 1.54) is 30.6 Å². The van der Waals surface area contributed by atoms with Crippen LogP contribution in [0.25, 0.3) is 0 Å². The highest BCUT2D eigenvalue weighted by Gasteiger charge is 2.17. The lowest BCUT2D eigenvalue weighted by atomic mass is 10.2. The molecule has 0 atom stereocenters. The highest BCUT2D eigenvalue weighted by Crippen LogP contribution is 2.31. The van der Waals surface area contributed by atoms with Crippen LogP contribution in [0.5, 0.6) is 0 Å². The number of thiazole rings is 1. The van der Waals surface area contributed by atoms with Gasteiger partial charge in [-0.15, -0.1) is 11.3 Å². The molecule has 0 aliphatic carbocycles. The topological polar surface area (TPSA) is 80.0 Å². The Bertz CT molecular complexity index is 626. The van der Waals surface area contributed by atoms with Crippen LogP contribution >= 0.6 is 11.3 Å². The van der Waals surface area contributed by atoms with Crippen LogP contribution in [0.2, 0.25) is 0 Å². The van der Waals surface area contributed by atoms with Crippen LogP contribution < -0.4 is 16.0 Å². The number of anilines is 4. The van der Waals surface area contributed by atoms with Gasteiger partial charge < -0.3 is 16.0 Å². The molecule has 0 amide bonds. The van der Waals surface area contributed by atoms with Gasteiger partial charge in [0, 0.05) is 18.0 Å². The predicted molar refractivity (Wildman–Crippen MR) is 92.0 cm³/mol.